The third-order valence-electron chi connectivity index (χ3n) is 3.63. The van der Waals surface area contributed by atoms with Crippen molar-refractivity contribution in [3.05, 3.63) is 62.0 Å². The Bertz CT molecular complexity index is 1000. The second kappa shape index (κ2) is 6.70. The van der Waals surface area contributed by atoms with Crippen LogP contribution in [0.25, 0.3) is 10.1 Å². The molecule has 0 saturated heterocycles. The molecule has 0 bridgehead atoms. The van der Waals surface area contributed by atoms with E-state index in [2.05, 4.69) is 5.32 Å². The Morgan fingerprint density at radius 2 is 2.04 bits per heavy atom. The largest absolute Gasteiger partial charge is 0.495 e. The van der Waals surface area contributed by atoms with E-state index < -0.39 is 10.8 Å². The fourth-order valence-corrected chi connectivity index (χ4v) is 3.92. The molecule has 3 rings (SSSR count). The lowest BCUT2D eigenvalue weighted by atomic mass is 10.2. The topological polar surface area (TPSA) is 81.5 Å². The van der Waals surface area contributed by atoms with Crippen LogP contribution in [-0.2, 0) is 0 Å². The summed E-state index contributed by atoms with van der Waals surface area (Å²) in [5.74, 6) is -0.116. The number of nitro benzene ring substituents is 1. The molecule has 25 heavy (non-hydrogen) atoms. The van der Waals surface area contributed by atoms with Gasteiger partial charge in [0.25, 0.3) is 11.6 Å². The highest BCUT2D eigenvalue weighted by molar-refractivity contribution is 7.21. The van der Waals surface area contributed by atoms with Crippen LogP contribution in [0.2, 0.25) is 5.02 Å². The molecule has 0 radical (unpaired) electrons. The van der Waals surface area contributed by atoms with Crippen LogP contribution >= 0.6 is 22.9 Å². The van der Waals surface area contributed by atoms with Gasteiger partial charge < -0.3 is 10.1 Å². The molecule has 0 aliphatic rings. The molecule has 0 saturated carbocycles. The van der Waals surface area contributed by atoms with Gasteiger partial charge in [0.2, 0.25) is 0 Å². The summed E-state index contributed by atoms with van der Waals surface area (Å²) in [6.45, 7) is 1.96. The molecule has 3 aromatic rings. The maximum Gasteiger partial charge on any atom is 0.271 e. The fraction of sp³-hybridized carbons (Fsp3) is 0.118. The van der Waals surface area contributed by atoms with Crippen LogP contribution < -0.4 is 10.1 Å². The minimum atomic E-state index is -0.537. The molecule has 0 fully saturated rings. The summed E-state index contributed by atoms with van der Waals surface area (Å²) in [5.41, 5.74) is 1.14. The molecule has 0 aliphatic carbocycles. The van der Waals surface area contributed by atoms with Crippen molar-refractivity contribution in [2.45, 2.75) is 6.92 Å². The highest BCUT2D eigenvalue weighted by atomic mass is 35.5. The number of halogens is 1. The van der Waals surface area contributed by atoms with Gasteiger partial charge in [-0.3, -0.25) is 14.9 Å². The molecule has 6 nitrogen and oxygen atoms in total. The van der Waals surface area contributed by atoms with E-state index >= 15 is 0 Å². The first kappa shape index (κ1) is 17.2. The number of non-ortho nitro benzene ring substituents is 1. The van der Waals surface area contributed by atoms with E-state index in [9.17, 15) is 14.9 Å². The van der Waals surface area contributed by atoms with Gasteiger partial charge in [0.1, 0.15) is 10.6 Å². The Balaban J connectivity index is 1.99. The van der Waals surface area contributed by atoms with Crippen molar-refractivity contribution in [1.82, 2.24) is 0 Å². The molecule has 0 atom stereocenters. The number of thiophene rings is 1. The van der Waals surface area contributed by atoms with E-state index in [4.69, 9.17) is 16.3 Å². The standard InChI is InChI=1S/C17H13ClN2O4S/c1-9-3-5-11-14(7-9)25-16(15(11)18)17(21)19-12-8-10(20(22)23)4-6-13(12)24-2/h3-8H,1-2H3,(H,19,21). The quantitative estimate of drug-likeness (QED) is 0.511. The summed E-state index contributed by atoms with van der Waals surface area (Å²) >= 11 is 7.61. The monoisotopic (exact) mass is 376 g/mol. The molecular weight excluding hydrogens is 364 g/mol. The number of ether oxygens (including phenoxy) is 1. The number of amides is 1. The first-order valence-electron chi connectivity index (χ1n) is 7.23. The summed E-state index contributed by atoms with van der Waals surface area (Å²) in [6, 6.07) is 9.74. The predicted octanol–water partition coefficient (Wildman–Crippen LogP) is 5.03. The average molecular weight is 377 g/mol. The van der Waals surface area contributed by atoms with Gasteiger partial charge in [-0.1, -0.05) is 23.7 Å². The number of nitrogens with one attached hydrogen (secondary N) is 1. The maximum atomic E-state index is 12.6. The average Bonchev–Trinajstić information content (AvgIpc) is 2.90. The van der Waals surface area contributed by atoms with Crippen molar-refractivity contribution >= 4 is 50.3 Å². The molecule has 1 amide bonds. The molecule has 0 aliphatic heterocycles. The lowest BCUT2D eigenvalue weighted by Crippen LogP contribution is -2.11. The second-order valence-corrected chi connectivity index (χ2v) is 6.77. The molecule has 1 heterocycles. The zero-order valence-electron chi connectivity index (χ0n) is 13.3. The highest BCUT2D eigenvalue weighted by Crippen LogP contribution is 2.37. The van der Waals surface area contributed by atoms with Crippen LogP contribution in [0.5, 0.6) is 5.75 Å². The number of hydrogen-bond donors (Lipinski definition) is 1. The number of fused-ring (bicyclic) bond motifs is 1. The van der Waals surface area contributed by atoms with Gasteiger partial charge in [-0.2, -0.15) is 0 Å². The third-order valence-corrected chi connectivity index (χ3v) is 5.29. The van der Waals surface area contributed by atoms with Gasteiger partial charge in [-0.25, -0.2) is 0 Å². The molecule has 128 valence electrons. The highest BCUT2D eigenvalue weighted by Gasteiger charge is 2.20. The second-order valence-electron chi connectivity index (χ2n) is 5.34. The number of rotatable bonds is 4. The van der Waals surface area contributed by atoms with Crippen LogP contribution in [0.15, 0.2) is 36.4 Å². The van der Waals surface area contributed by atoms with Crippen molar-refractivity contribution in [2.75, 3.05) is 12.4 Å². The minimum absolute atomic E-state index is 0.144. The third kappa shape index (κ3) is 3.29. The molecule has 8 heteroatoms. The number of hydrogen-bond acceptors (Lipinski definition) is 5. The van der Waals surface area contributed by atoms with Crippen molar-refractivity contribution in [3.63, 3.8) is 0 Å². The Morgan fingerprint density at radius 3 is 2.72 bits per heavy atom. The fourth-order valence-electron chi connectivity index (χ4n) is 2.40. The lowest BCUT2D eigenvalue weighted by Gasteiger charge is -2.09. The predicted molar refractivity (Wildman–Crippen MR) is 99.2 cm³/mol. The number of aryl methyl sites for hydroxylation is 1. The van der Waals surface area contributed by atoms with Gasteiger partial charge in [0, 0.05) is 22.2 Å². The summed E-state index contributed by atoms with van der Waals surface area (Å²) < 4.78 is 6.06. The zero-order valence-corrected chi connectivity index (χ0v) is 14.9. The lowest BCUT2D eigenvalue weighted by molar-refractivity contribution is -0.384. The van der Waals surface area contributed by atoms with Gasteiger partial charge in [-0.15, -0.1) is 11.3 Å². The number of methoxy groups -OCH3 is 1. The Morgan fingerprint density at radius 1 is 1.28 bits per heavy atom. The summed E-state index contributed by atoms with van der Waals surface area (Å²) in [7, 11) is 1.42. The van der Waals surface area contributed by atoms with Crippen LogP contribution in [0.4, 0.5) is 11.4 Å². The molecule has 2 aromatic carbocycles. The minimum Gasteiger partial charge on any atom is -0.495 e. The van der Waals surface area contributed by atoms with Crippen LogP contribution in [0, 0.1) is 17.0 Å². The normalized spacial score (nSPS) is 10.7. The number of benzene rings is 2. The Hall–Kier alpha value is -2.64. The summed E-state index contributed by atoms with van der Waals surface area (Å²) in [6.07, 6.45) is 0. The van der Waals surface area contributed by atoms with Gasteiger partial charge in [0.15, 0.2) is 0 Å². The first-order valence-corrected chi connectivity index (χ1v) is 8.42. The molecule has 0 spiro atoms. The van der Waals surface area contributed by atoms with Crippen LogP contribution in [0.1, 0.15) is 15.2 Å². The molecule has 1 N–H and O–H groups in total. The number of carbonyl (C=O) groups excluding carboxylic acids is 1. The van der Waals surface area contributed by atoms with E-state index in [-0.39, 0.29) is 11.4 Å². The molecular formula is C17H13ClN2O4S. The maximum absolute atomic E-state index is 12.6. The van der Waals surface area contributed by atoms with E-state index in [0.717, 1.165) is 15.6 Å². The van der Waals surface area contributed by atoms with Crippen LogP contribution in [0.3, 0.4) is 0 Å². The number of nitrogens with zero attached hydrogens (tertiary/aromatic N) is 1. The van der Waals surface area contributed by atoms with E-state index in [1.54, 1.807) is 0 Å². The van der Waals surface area contributed by atoms with Crippen LogP contribution in [-0.4, -0.2) is 17.9 Å². The Kier molecular flexibility index (Phi) is 4.61. The van der Waals surface area contributed by atoms with E-state index in [1.165, 1.54) is 36.6 Å². The smallest absolute Gasteiger partial charge is 0.271 e. The Labute approximate surface area is 152 Å². The first-order chi connectivity index (χ1) is 11.9. The van der Waals surface area contributed by atoms with E-state index in [1.807, 2.05) is 25.1 Å². The molecule has 0 unspecified atom stereocenters. The van der Waals surface area contributed by atoms with Gasteiger partial charge >= 0.3 is 0 Å². The molecule has 1 aromatic heterocycles. The van der Waals surface area contributed by atoms with Crippen molar-refractivity contribution in [3.8, 4) is 5.75 Å². The van der Waals surface area contributed by atoms with Crippen molar-refractivity contribution in [2.24, 2.45) is 0 Å². The number of anilines is 1. The summed E-state index contributed by atoms with van der Waals surface area (Å²) in [5, 5.41) is 14.8. The van der Waals surface area contributed by atoms with Gasteiger partial charge in [-0.05, 0) is 24.6 Å². The SMILES string of the molecule is COc1ccc([N+](=O)[O-])cc1NC(=O)c1sc2cc(C)ccc2c1Cl. The number of carbonyl (C=O) groups is 1. The van der Waals surface area contributed by atoms with E-state index in [0.29, 0.717) is 15.6 Å². The number of nitro groups is 1. The van der Waals surface area contributed by atoms with Crippen molar-refractivity contribution in [1.29, 1.82) is 0 Å². The van der Waals surface area contributed by atoms with Crippen molar-refractivity contribution < 1.29 is 14.5 Å². The zero-order chi connectivity index (χ0) is 18.1. The summed E-state index contributed by atoms with van der Waals surface area (Å²) in [4.78, 5) is 23.4. The van der Waals surface area contributed by atoms with Gasteiger partial charge in [0.05, 0.1) is 22.7 Å².